The number of carbonyl (C=O) groups is 2. The first-order valence-electron chi connectivity index (χ1n) is 8.86. The van der Waals surface area contributed by atoms with Gasteiger partial charge in [0, 0.05) is 16.6 Å². The molecule has 0 aliphatic carbocycles. The van der Waals surface area contributed by atoms with Crippen LogP contribution in [0.4, 0.5) is 0 Å². The minimum Gasteiger partial charge on any atom is -0.507 e. The molecule has 146 valence electrons. The van der Waals surface area contributed by atoms with Gasteiger partial charge >= 0.3 is 0 Å². The van der Waals surface area contributed by atoms with Gasteiger partial charge in [-0.15, -0.1) is 0 Å². The van der Waals surface area contributed by atoms with Crippen LogP contribution >= 0.6 is 15.9 Å². The highest BCUT2D eigenvalue weighted by atomic mass is 79.9. The van der Waals surface area contributed by atoms with E-state index in [1.807, 2.05) is 13.0 Å². The van der Waals surface area contributed by atoms with Crippen LogP contribution in [-0.2, 0) is 9.59 Å². The van der Waals surface area contributed by atoms with Gasteiger partial charge in [-0.3, -0.25) is 9.59 Å². The van der Waals surface area contributed by atoms with Gasteiger partial charge in [0.25, 0.3) is 11.7 Å². The van der Waals surface area contributed by atoms with E-state index in [0.29, 0.717) is 23.5 Å². The first-order valence-corrected chi connectivity index (χ1v) is 9.65. The predicted molar refractivity (Wildman–Crippen MR) is 108 cm³/mol. The van der Waals surface area contributed by atoms with E-state index < -0.39 is 17.7 Å². The maximum Gasteiger partial charge on any atom is 0.295 e. The Labute approximate surface area is 171 Å². The molecular formula is C21H20BrNO5. The molecule has 0 bridgehead atoms. The number of hydrogen-bond acceptors (Lipinski definition) is 5. The summed E-state index contributed by atoms with van der Waals surface area (Å²) in [6.45, 7) is 2.08. The van der Waals surface area contributed by atoms with Gasteiger partial charge < -0.3 is 19.8 Å². The minimum absolute atomic E-state index is 0.000657. The summed E-state index contributed by atoms with van der Waals surface area (Å²) >= 11 is 3.39. The maximum absolute atomic E-state index is 12.7. The zero-order valence-corrected chi connectivity index (χ0v) is 16.8. The fraction of sp³-hybridized carbons (Fsp3) is 0.238. The summed E-state index contributed by atoms with van der Waals surface area (Å²) in [5, 5.41) is 20.2. The van der Waals surface area contributed by atoms with Crippen LogP contribution in [0.15, 0.2) is 58.6 Å². The Morgan fingerprint density at radius 1 is 1.18 bits per heavy atom. The van der Waals surface area contributed by atoms with E-state index >= 15 is 0 Å². The molecule has 3 rings (SSSR count). The van der Waals surface area contributed by atoms with Crippen LogP contribution in [0.1, 0.15) is 24.1 Å². The molecule has 2 N–H and O–H groups in total. The normalized spacial score (nSPS) is 18.5. The smallest absolute Gasteiger partial charge is 0.295 e. The number of aliphatic hydroxyl groups excluding tert-OH is 2. The average molecular weight is 446 g/mol. The average Bonchev–Trinajstić information content (AvgIpc) is 2.94. The number of likely N-dealkylation sites (tertiary alicyclic amines) is 1. The third kappa shape index (κ3) is 3.81. The molecular weight excluding hydrogens is 426 g/mol. The molecule has 28 heavy (non-hydrogen) atoms. The van der Waals surface area contributed by atoms with Crippen LogP contribution in [-0.4, -0.2) is 46.6 Å². The molecule has 1 atom stereocenters. The quantitative estimate of drug-likeness (QED) is 0.404. The van der Waals surface area contributed by atoms with Crippen LogP contribution in [0, 0.1) is 0 Å². The predicted octanol–water partition coefficient (Wildman–Crippen LogP) is 3.26. The molecule has 6 nitrogen and oxygen atoms in total. The highest BCUT2D eigenvalue weighted by Crippen LogP contribution is 2.39. The van der Waals surface area contributed by atoms with Gasteiger partial charge in [-0.05, 0) is 48.9 Å². The number of aliphatic hydroxyl groups is 2. The molecule has 1 amide bonds. The van der Waals surface area contributed by atoms with Gasteiger partial charge in [0.1, 0.15) is 11.5 Å². The lowest BCUT2D eigenvalue weighted by molar-refractivity contribution is -0.140. The molecule has 1 aliphatic rings. The number of Topliss-reactive ketones (excluding diaryl/α,β-unsaturated/α-hetero) is 1. The van der Waals surface area contributed by atoms with Gasteiger partial charge in [0.15, 0.2) is 0 Å². The molecule has 1 saturated heterocycles. The molecule has 2 aromatic rings. The second-order valence-corrected chi connectivity index (χ2v) is 7.14. The summed E-state index contributed by atoms with van der Waals surface area (Å²) < 4.78 is 6.18. The first-order chi connectivity index (χ1) is 13.5. The van der Waals surface area contributed by atoms with Crippen LogP contribution < -0.4 is 4.74 Å². The standard InChI is InChI=1S/C21H20BrNO5/c1-2-28-16-8-6-13(7-9-16)19(25)17-18(14-4-3-5-15(22)12-14)23(10-11-24)21(27)20(17)26/h3-9,12,18,24-25H,2,10-11H2,1H3/b19-17-. The van der Waals surface area contributed by atoms with Gasteiger partial charge in [0.2, 0.25) is 0 Å². The second kappa shape index (κ2) is 8.58. The molecule has 1 aliphatic heterocycles. The van der Waals surface area contributed by atoms with Crippen molar-refractivity contribution in [3.8, 4) is 5.75 Å². The summed E-state index contributed by atoms with van der Waals surface area (Å²) in [4.78, 5) is 26.5. The van der Waals surface area contributed by atoms with Crippen LogP contribution in [0.5, 0.6) is 5.75 Å². The number of hydrogen-bond donors (Lipinski definition) is 2. The van der Waals surface area contributed by atoms with Crippen molar-refractivity contribution in [2.75, 3.05) is 19.8 Å². The van der Waals surface area contributed by atoms with E-state index in [1.54, 1.807) is 42.5 Å². The SMILES string of the molecule is CCOc1ccc(/C(O)=C2/C(=O)C(=O)N(CCO)C2c2cccc(Br)c2)cc1. The molecule has 7 heteroatoms. The lowest BCUT2D eigenvalue weighted by atomic mass is 9.95. The Balaban J connectivity index is 2.12. The van der Waals surface area contributed by atoms with E-state index in [9.17, 15) is 19.8 Å². The van der Waals surface area contributed by atoms with E-state index in [4.69, 9.17) is 4.74 Å². The van der Waals surface area contributed by atoms with Crippen molar-refractivity contribution in [2.45, 2.75) is 13.0 Å². The van der Waals surface area contributed by atoms with Crippen molar-refractivity contribution < 1.29 is 24.5 Å². The lowest BCUT2D eigenvalue weighted by Crippen LogP contribution is -2.32. The largest absolute Gasteiger partial charge is 0.507 e. The molecule has 1 heterocycles. The highest BCUT2D eigenvalue weighted by molar-refractivity contribution is 9.10. The fourth-order valence-electron chi connectivity index (χ4n) is 3.27. The summed E-state index contributed by atoms with van der Waals surface area (Å²) in [7, 11) is 0. The molecule has 1 unspecified atom stereocenters. The Hall–Kier alpha value is -2.64. The summed E-state index contributed by atoms with van der Waals surface area (Å²) in [6.07, 6.45) is 0. The molecule has 1 fully saturated rings. The van der Waals surface area contributed by atoms with Gasteiger partial charge in [-0.2, -0.15) is 0 Å². The van der Waals surface area contributed by atoms with Crippen LogP contribution in [0.25, 0.3) is 5.76 Å². The van der Waals surface area contributed by atoms with E-state index in [0.717, 1.165) is 4.47 Å². The maximum atomic E-state index is 12.7. The lowest BCUT2D eigenvalue weighted by Gasteiger charge is -2.24. The van der Waals surface area contributed by atoms with Crippen molar-refractivity contribution in [1.82, 2.24) is 4.90 Å². The van der Waals surface area contributed by atoms with Crippen molar-refractivity contribution in [3.63, 3.8) is 0 Å². The van der Waals surface area contributed by atoms with Crippen molar-refractivity contribution in [1.29, 1.82) is 0 Å². The monoisotopic (exact) mass is 445 g/mol. The van der Waals surface area contributed by atoms with E-state index in [2.05, 4.69) is 15.9 Å². The molecule has 0 aromatic heterocycles. The topological polar surface area (TPSA) is 87.1 Å². The molecule has 0 radical (unpaired) electrons. The van der Waals surface area contributed by atoms with Gasteiger partial charge in [0.05, 0.1) is 24.8 Å². The highest BCUT2D eigenvalue weighted by Gasteiger charge is 2.45. The number of ketones is 1. The van der Waals surface area contributed by atoms with Gasteiger partial charge in [-0.1, -0.05) is 28.1 Å². The minimum atomic E-state index is -0.781. The van der Waals surface area contributed by atoms with Crippen LogP contribution in [0.2, 0.25) is 0 Å². The van der Waals surface area contributed by atoms with Crippen molar-refractivity contribution in [3.05, 3.63) is 69.7 Å². The molecule has 0 saturated carbocycles. The summed E-state index contributed by atoms with van der Waals surface area (Å²) in [5.74, 6) is -1.13. The first kappa shape index (κ1) is 20.1. The Kier molecular flexibility index (Phi) is 6.16. The molecule has 0 spiro atoms. The van der Waals surface area contributed by atoms with Crippen LogP contribution in [0.3, 0.4) is 0 Å². The number of benzene rings is 2. The van der Waals surface area contributed by atoms with Gasteiger partial charge in [-0.25, -0.2) is 0 Å². The third-order valence-electron chi connectivity index (χ3n) is 4.48. The van der Waals surface area contributed by atoms with E-state index in [1.165, 1.54) is 4.90 Å². The number of β-amino-alcohol motifs (C(OH)–C–C–N with tert-alkyl or cyclic N) is 1. The third-order valence-corrected chi connectivity index (χ3v) is 4.98. The number of carbonyl (C=O) groups excluding carboxylic acids is 2. The van der Waals surface area contributed by atoms with Crippen molar-refractivity contribution in [2.24, 2.45) is 0 Å². The Bertz CT molecular complexity index is 923. The number of halogens is 1. The van der Waals surface area contributed by atoms with Crippen molar-refractivity contribution >= 4 is 33.4 Å². The second-order valence-electron chi connectivity index (χ2n) is 6.23. The Morgan fingerprint density at radius 3 is 2.50 bits per heavy atom. The number of rotatable bonds is 6. The summed E-state index contributed by atoms with van der Waals surface area (Å²) in [6, 6.07) is 13.0. The Morgan fingerprint density at radius 2 is 1.89 bits per heavy atom. The number of amides is 1. The molecule has 2 aromatic carbocycles. The zero-order chi connectivity index (χ0) is 20.3. The number of nitrogens with zero attached hydrogens (tertiary/aromatic N) is 1. The van der Waals surface area contributed by atoms with E-state index in [-0.39, 0.29) is 24.5 Å². The zero-order valence-electron chi connectivity index (χ0n) is 15.3. The number of ether oxygens (including phenoxy) is 1. The fourth-order valence-corrected chi connectivity index (χ4v) is 3.69. The summed E-state index contributed by atoms with van der Waals surface area (Å²) in [5.41, 5.74) is 1.07.